The number of pyridine rings is 1. The highest BCUT2D eigenvalue weighted by molar-refractivity contribution is 6.25. The summed E-state index contributed by atoms with van der Waals surface area (Å²) in [6.07, 6.45) is 1.80. The fourth-order valence-corrected chi connectivity index (χ4v) is 4.30. The molecule has 3 heteroatoms. The van der Waals surface area contributed by atoms with Gasteiger partial charge in [0, 0.05) is 11.6 Å². The van der Waals surface area contributed by atoms with Crippen molar-refractivity contribution < 1.29 is 0 Å². The molecule has 0 amide bonds. The van der Waals surface area contributed by atoms with E-state index in [2.05, 4.69) is 94.3 Å². The van der Waals surface area contributed by atoms with Crippen molar-refractivity contribution in [1.29, 1.82) is 0 Å². The molecule has 142 valence electrons. The molecule has 1 N–H and O–H groups in total. The van der Waals surface area contributed by atoms with Crippen LogP contribution in [0.2, 0.25) is 0 Å². The number of rotatable bonds is 4. The standard InChI is InChI=1S/C27H19N3/c1-2-9-22(10-3-1)30(29-25-11-4-5-18-28-25)24-17-15-21-13-12-19-7-6-8-20-14-16-23(24)27(21)26(19)20/h1-18H,(H,28,29). The molecule has 0 saturated carbocycles. The molecular weight excluding hydrogens is 366 g/mol. The van der Waals surface area contributed by atoms with Gasteiger partial charge < -0.3 is 0 Å². The van der Waals surface area contributed by atoms with E-state index in [4.69, 9.17) is 0 Å². The maximum Gasteiger partial charge on any atom is 0.144 e. The molecule has 1 heterocycles. The van der Waals surface area contributed by atoms with E-state index in [-0.39, 0.29) is 0 Å². The summed E-state index contributed by atoms with van der Waals surface area (Å²) in [4.78, 5) is 4.48. The summed E-state index contributed by atoms with van der Waals surface area (Å²) in [5, 5.41) is 9.74. The molecule has 0 bridgehead atoms. The smallest absolute Gasteiger partial charge is 0.144 e. The van der Waals surface area contributed by atoms with Crippen LogP contribution in [0.1, 0.15) is 0 Å². The first-order valence-corrected chi connectivity index (χ1v) is 10.1. The molecule has 0 aliphatic heterocycles. The normalized spacial score (nSPS) is 11.3. The monoisotopic (exact) mass is 385 g/mol. The van der Waals surface area contributed by atoms with E-state index in [1.807, 2.05) is 24.3 Å². The zero-order chi connectivity index (χ0) is 19.9. The molecule has 0 aliphatic carbocycles. The molecule has 0 spiro atoms. The number of hydrazine groups is 1. The molecule has 6 rings (SSSR count). The third kappa shape index (κ3) is 2.64. The van der Waals surface area contributed by atoms with E-state index < -0.39 is 0 Å². The zero-order valence-corrected chi connectivity index (χ0v) is 16.3. The van der Waals surface area contributed by atoms with Crippen LogP contribution in [-0.4, -0.2) is 4.98 Å². The molecule has 1 aromatic heterocycles. The van der Waals surface area contributed by atoms with E-state index in [9.17, 15) is 0 Å². The SMILES string of the molecule is c1ccc(N(Nc2ccccn2)c2ccc3ccc4cccc5ccc2c3c45)cc1. The highest BCUT2D eigenvalue weighted by Gasteiger charge is 2.16. The van der Waals surface area contributed by atoms with Gasteiger partial charge in [-0.05, 0) is 57.3 Å². The van der Waals surface area contributed by atoms with Gasteiger partial charge in [0.05, 0.1) is 11.4 Å². The van der Waals surface area contributed by atoms with Crippen LogP contribution in [0.4, 0.5) is 17.2 Å². The minimum absolute atomic E-state index is 0.798. The third-order valence-corrected chi connectivity index (χ3v) is 5.65. The number of nitrogens with one attached hydrogen (secondary N) is 1. The largest absolute Gasteiger partial charge is 0.277 e. The van der Waals surface area contributed by atoms with Crippen molar-refractivity contribution in [2.45, 2.75) is 0 Å². The highest BCUT2D eigenvalue weighted by Crippen LogP contribution is 2.40. The van der Waals surface area contributed by atoms with Crippen molar-refractivity contribution in [2.75, 3.05) is 10.4 Å². The van der Waals surface area contributed by atoms with Crippen LogP contribution in [0.25, 0.3) is 32.3 Å². The van der Waals surface area contributed by atoms with Gasteiger partial charge in [0.1, 0.15) is 5.82 Å². The molecule has 0 unspecified atom stereocenters. The lowest BCUT2D eigenvalue weighted by Gasteiger charge is -2.28. The Labute approximate surface area is 174 Å². The van der Waals surface area contributed by atoms with E-state index in [0.717, 1.165) is 17.2 Å². The minimum atomic E-state index is 0.798. The molecule has 0 radical (unpaired) electrons. The van der Waals surface area contributed by atoms with Gasteiger partial charge in [0.15, 0.2) is 0 Å². The van der Waals surface area contributed by atoms with Crippen LogP contribution >= 0.6 is 0 Å². The number of hydrogen-bond donors (Lipinski definition) is 1. The van der Waals surface area contributed by atoms with Crippen molar-refractivity contribution in [3.63, 3.8) is 0 Å². The Morgan fingerprint density at radius 3 is 2.03 bits per heavy atom. The molecule has 30 heavy (non-hydrogen) atoms. The van der Waals surface area contributed by atoms with Crippen LogP contribution < -0.4 is 10.4 Å². The fraction of sp³-hybridized carbons (Fsp3) is 0. The van der Waals surface area contributed by atoms with Crippen LogP contribution in [-0.2, 0) is 0 Å². The van der Waals surface area contributed by atoms with Crippen LogP contribution in [0.15, 0.2) is 109 Å². The van der Waals surface area contributed by atoms with Gasteiger partial charge in [0.2, 0.25) is 0 Å². The average Bonchev–Trinajstić information content (AvgIpc) is 2.82. The number of benzene rings is 5. The van der Waals surface area contributed by atoms with Crippen LogP contribution in [0, 0.1) is 0 Å². The van der Waals surface area contributed by atoms with Crippen molar-refractivity contribution in [1.82, 2.24) is 4.98 Å². The minimum Gasteiger partial charge on any atom is -0.277 e. The lowest BCUT2D eigenvalue weighted by atomic mass is 9.93. The number of nitrogens with zero attached hydrogens (tertiary/aromatic N) is 2. The number of aromatic nitrogens is 1. The Kier molecular flexibility index (Phi) is 3.78. The summed E-state index contributed by atoms with van der Waals surface area (Å²) in [5.74, 6) is 0.798. The zero-order valence-electron chi connectivity index (χ0n) is 16.3. The maximum atomic E-state index is 4.48. The van der Waals surface area contributed by atoms with Gasteiger partial charge in [-0.15, -0.1) is 0 Å². The van der Waals surface area contributed by atoms with Crippen LogP contribution in [0.3, 0.4) is 0 Å². The number of para-hydroxylation sites is 1. The van der Waals surface area contributed by atoms with E-state index in [1.54, 1.807) is 6.20 Å². The predicted molar refractivity (Wildman–Crippen MR) is 127 cm³/mol. The first-order valence-electron chi connectivity index (χ1n) is 10.1. The van der Waals surface area contributed by atoms with E-state index >= 15 is 0 Å². The summed E-state index contributed by atoms with van der Waals surface area (Å²) >= 11 is 0. The lowest BCUT2D eigenvalue weighted by Crippen LogP contribution is -2.25. The number of anilines is 3. The van der Waals surface area contributed by atoms with Crippen LogP contribution in [0.5, 0.6) is 0 Å². The highest BCUT2D eigenvalue weighted by atomic mass is 15.5. The second kappa shape index (κ2) is 6.75. The molecule has 3 nitrogen and oxygen atoms in total. The molecule has 0 aliphatic rings. The molecule has 0 fully saturated rings. The summed E-state index contributed by atoms with van der Waals surface area (Å²) < 4.78 is 0. The quantitative estimate of drug-likeness (QED) is 0.258. The number of hydrogen-bond acceptors (Lipinski definition) is 3. The Balaban J connectivity index is 1.63. The molecule has 5 aromatic carbocycles. The Morgan fingerprint density at radius 1 is 0.567 bits per heavy atom. The summed E-state index contributed by atoms with van der Waals surface area (Å²) in [5.41, 5.74) is 5.66. The van der Waals surface area contributed by atoms with Gasteiger partial charge in [-0.2, -0.15) is 0 Å². The Morgan fingerprint density at radius 2 is 1.27 bits per heavy atom. The van der Waals surface area contributed by atoms with Crippen molar-refractivity contribution in [2.24, 2.45) is 0 Å². The summed E-state index contributed by atoms with van der Waals surface area (Å²) in [6.45, 7) is 0. The topological polar surface area (TPSA) is 28.2 Å². The van der Waals surface area contributed by atoms with E-state index in [1.165, 1.54) is 32.3 Å². The van der Waals surface area contributed by atoms with E-state index in [0.29, 0.717) is 0 Å². The molecular formula is C27H19N3. The molecule has 0 atom stereocenters. The van der Waals surface area contributed by atoms with Crippen molar-refractivity contribution in [3.8, 4) is 0 Å². The second-order valence-electron chi connectivity index (χ2n) is 7.44. The van der Waals surface area contributed by atoms with Gasteiger partial charge in [-0.3, -0.25) is 10.4 Å². The Hall–Kier alpha value is -4.11. The summed E-state index contributed by atoms with van der Waals surface area (Å²) in [6, 6.07) is 36.0. The van der Waals surface area contributed by atoms with Gasteiger partial charge in [-0.1, -0.05) is 72.8 Å². The van der Waals surface area contributed by atoms with Crippen molar-refractivity contribution >= 4 is 49.5 Å². The van der Waals surface area contributed by atoms with Crippen molar-refractivity contribution in [3.05, 3.63) is 109 Å². The predicted octanol–water partition coefficient (Wildman–Crippen LogP) is 7.14. The lowest BCUT2D eigenvalue weighted by molar-refractivity contribution is 1.13. The fourth-order valence-electron chi connectivity index (χ4n) is 4.30. The first-order chi connectivity index (χ1) is 14.9. The Bertz CT molecular complexity index is 1440. The second-order valence-corrected chi connectivity index (χ2v) is 7.44. The average molecular weight is 385 g/mol. The first kappa shape index (κ1) is 16.8. The maximum absolute atomic E-state index is 4.48. The third-order valence-electron chi connectivity index (χ3n) is 5.65. The molecule has 6 aromatic rings. The molecule has 0 saturated heterocycles. The summed E-state index contributed by atoms with van der Waals surface area (Å²) in [7, 11) is 0. The van der Waals surface area contributed by atoms with Gasteiger partial charge in [-0.25, -0.2) is 4.98 Å². The van der Waals surface area contributed by atoms with Gasteiger partial charge >= 0.3 is 0 Å². The van der Waals surface area contributed by atoms with Gasteiger partial charge in [0.25, 0.3) is 0 Å².